The smallest absolute Gasteiger partial charge is 0.226 e. The molecule has 23 heavy (non-hydrogen) atoms. The maximum Gasteiger partial charge on any atom is 0.226 e. The highest BCUT2D eigenvalue weighted by atomic mass is 35.5. The molecule has 0 spiro atoms. The van der Waals surface area contributed by atoms with Gasteiger partial charge in [0.1, 0.15) is 0 Å². The van der Waals surface area contributed by atoms with Crippen molar-refractivity contribution in [2.24, 2.45) is 0 Å². The molecule has 0 aliphatic carbocycles. The minimum atomic E-state index is 0.00353. The lowest BCUT2D eigenvalue weighted by Gasteiger charge is -2.02. The van der Waals surface area contributed by atoms with Gasteiger partial charge < -0.3 is 5.32 Å². The number of nitrogens with one attached hydrogen (secondary N) is 1. The Morgan fingerprint density at radius 3 is 2.87 bits per heavy atom. The van der Waals surface area contributed by atoms with E-state index in [1.807, 2.05) is 30.3 Å². The van der Waals surface area contributed by atoms with E-state index in [-0.39, 0.29) is 5.91 Å². The highest BCUT2D eigenvalue weighted by molar-refractivity contribution is 7.99. The molecule has 0 saturated heterocycles. The normalized spacial score (nSPS) is 10.8. The van der Waals surface area contributed by atoms with E-state index in [2.05, 4.69) is 22.4 Å². The van der Waals surface area contributed by atoms with Crippen molar-refractivity contribution in [1.82, 2.24) is 4.98 Å². The summed E-state index contributed by atoms with van der Waals surface area (Å²) >= 11 is 9.17. The zero-order chi connectivity index (χ0) is 16.1. The number of carbonyl (C=O) groups is 1. The first-order valence-electron chi connectivity index (χ1n) is 7.24. The third-order valence-electron chi connectivity index (χ3n) is 3.16. The number of carbonyl (C=O) groups excluding carboxylic acids is 1. The van der Waals surface area contributed by atoms with Gasteiger partial charge in [-0.3, -0.25) is 4.79 Å². The lowest BCUT2D eigenvalue weighted by Crippen LogP contribution is -2.11. The Hall–Kier alpha value is -1.56. The van der Waals surface area contributed by atoms with E-state index in [9.17, 15) is 4.79 Å². The van der Waals surface area contributed by atoms with Gasteiger partial charge in [0.15, 0.2) is 5.13 Å². The molecule has 0 radical (unpaired) electrons. The summed E-state index contributed by atoms with van der Waals surface area (Å²) in [6.07, 6.45) is 1.33. The molecule has 0 aliphatic rings. The number of thioether (sulfide) groups is 1. The van der Waals surface area contributed by atoms with Crippen LogP contribution in [0, 0.1) is 0 Å². The van der Waals surface area contributed by atoms with Crippen molar-refractivity contribution in [2.45, 2.75) is 17.7 Å². The van der Waals surface area contributed by atoms with Crippen LogP contribution in [0.2, 0.25) is 5.02 Å². The van der Waals surface area contributed by atoms with Crippen LogP contribution in [0.5, 0.6) is 0 Å². The summed E-state index contributed by atoms with van der Waals surface area (Å²) in [5.74, 6) is 0.927. The first kappa shape index (κ1) is 16.3. The van der Waals surface area contributed by atoms with E-state index < -0.39 is 0 Å². The summed E-state index contributed by atoms with van der Waals surface area (Å²) in [6.45, 7) is 0. The number of amides is 1. The van der Waals surface area contributed by atoms with Crippen molar-refractivity contribution < 1.29 is 4.79 Å². The van der Waals surface area contributed by atoms with E-state index >= 15 is 0 Å². The summed E-state index contributed by atoms with van der Waals surface area (Å²) in [7, 11) is 0. The molecule has 3 aromatic rings. The Morgan fingerprint density at radius 1 is 1.22 bits per heavy atom. The molecule has 0 fully saturated rings. The molecule has 3 rings (SSSR count). The van der Waals surface area contributed by atoms with Crippen LogP contribution < -0.4 is 5.32 Å². The van der Waals surface area contributed by atoms with Gasteiger partial charge in [0.25, 0.3) is 0 Å². The monoisotopic (exact) mass is 362 g/mol. The number of fused-ring (bicyclic) bond motifs is 1. The summed E-state index contributed by atoms with van der Waals surface area (Å²) in [5, 5.41) is 4.17. The average molecular weight is 363 g/mol. The Bertz CT molecular complexity index is 805. The van der Waals surface area contributed by atoms with Gasteiger partial charge in [-0.2, -0.15) is 0 Å². The van der Waals surface area contributed by atoms with Crippen LogP contribution >= 0.6 is 34.7 Å². The predicted octanol–water partition coefficient (Wildman–Crippen LogP) is 5.46. The fraction of sp³-hybridized carbons (Fsp3) is 0.176. The molecule has 1 heterocycles. The number of hydrogen-bond donors (Lipinski definition) is 1. The molecule has 0 atom stereocenters. The zero-order valence-corrected chi connectivity index (χ0v) is 14.7. The SMILES string of the molecule is O=C(CCCSc1ccccc1)Nc1nc2ccc(Cl)cc2s1. The van der Waals surface area contributed by atoms with Crippen LogP contribution in [0.1, 0.15) is 12.8 Å². The lowest BCUT2D eigenvalue weighted by molar-refractivity contribution is -0.116. The quantitative estimate of drug-likeness (QED) is 0.467. The Labute approximate surface area is 148 Å². The fourth-order valence-electron chi connectivity index (χ4n) is 2.07. The molecule has 0 unspecified atom stereocenters. The van der Waals surface area contributed by atoms with Gasteiger partial charge in [0.05, 0.1) is 10.2 Å². The van der Waals surface area contributed by atoms with Gasteiger partial charge in [-0.1, -0.05) is 41.1 Å². The fourth-order valence-corrected chi connectivity index (χ4v) is 4.11. The van der Waals surface area contributed by atoms with Gasteiger partial charge in [0, 0.05) is 16.3 Å². The molecule has 118 valence electrons. The number of halogens is 1. The second-order valence-electron chi connectivity index (χ2n) is 4.94. The van der Waals surface area contributed by atoms with Crippen LogP contribution in [-0.2, 0) is 4.79 Å². The van der Waals surface area contributed by atoms with Gasteiger partial charge in [-0.05, 0) is 42.5 Å². The largest absolute Gasteiger partial charge is 0.302 e. The lowest BCUT2D eigenvalue weighted by atomic mass is 10.3. The Balaban J connectivity index is 1.46. The van der Waals surface area contributed by atoms with E-state index in [1.165, 1.54) is 16.2 Å². The number of nitrogens with zero attached hydrogens (tertiary/aromatic N) is 1. The highest BCUT2D eigenvalue weighted by Gasteiger charge is 2.08. The zero-order valence-electron chi connectivity index (χ0n) is 12.3. The third kappa shape index (κ3) is 4.70. The van der Waals surface area contributed by atoms with Gasteiger partial charge >= 0.3 is 0 Å². The Kier molecular flexibility index (Phi) is 5.54. The minimum Gasteiger partial charge on any atom is -0.302 e. The van der Waals surface area contributed by atoms with Gasteiger partial charge in [-0.15, -0.1) is 11.8 Å². The standard InChI is InChI=1S/C17H15ClN2OS2/c18-12-8-9-14-15(11-12)23-17(19-14)20-16(21)7-4-10-22-13-5-2-1-3-6-13/h1-3,5-6,8-9,11H,4,7,10H2,(H,19,20,21). The minimum absolute atomic E-state index is 0.00353. The van der Waals surface area contributed by atoms with Crippen molar-refractivity contribution in [3.05, 3.63) is 53.6 Å². The average Bonchev–Trinajstić information content (AvgIpc) is 2.94. The van der Waals surface area contributed by atoms with Crippen molar-refractivity contribution in [3.63, 3.8) is 0 Å². The molecule has 6 heteroatoms. The molecule has 1 N–H and O–H groups in total. The topological polar surface area (TPSA) is 42.0 Å². The van der Waals surface area contributed by atoms with Crippen LogP contribution in [-0.4, -0.2) is 16.6 Å². The maximum atomic E-state index is 12.0. The molecule has 0 aliphatic heterocycles. The van der Waals surface area contributed by atoms with Gasteiger partial charge in [-0.25, -0.2) is 4.98 Å². The van der Waals surface area contributed by atoms with Crippen molar-refractivity contribution >= 4 is 56.0 Å². The molecule has 0 bridgehead atoms. The van der Waals surface area contributed by atoms with Gasteiger partial charge in [0.2, 0.25) is 5.91 Å². The number of benzene rings is 2. The number of anilines is 1. The maximum absolute atomic E-state index is 12.0. The number of hydrogen-bond acceptors (Lipinski definition) is 4. The van der Waals surface area contributed by atoms with Crippen LogP contribution in [0.4, 0.5) is 5.13 Å². The summed E-state index contributed by atoms with van der Waals surface area (Å²) in [6, 6.07) is 15.7. The first-order valence-corrected chi connectivity index (χ1v) is 9.42. The first-order chi connectivity index (χ1) is 11.2. The van der Waals surface area contributed by atoms with E-state index in [0.717, 1.165) is 22.4 Å². The second-order valence-corrected chi connectivity index (χ2v) is 7.58. The van der Waals surface area contributed by atoms with Crippen molar-refractivity contribution in [2.75, 3.05) is 11.1 Å². The molecular weight excluding hydrogens is 348 g/mol. The van der Waals surface area contributed by atoms with Crippen molar-refractivity contribution in [3.8, 4) is 0 Å². The number of rotatable bonds is 6. The van der Waals surface area contributed by atoms with E-state index in [1.54, 1.807) is 17.8 Å². The molecule has 1 amide bonds. The summed E-state index contributed by atoms with van der Waals surface area (Å²) in [5.41, 5.74) is 0.856. The number of aromatic nitrogens is 1. The molecule has 1 aromatic heterocycles. The van der Waals surface area contributed by atoms with E-state index in [4.69, 9.17) is 11.6 Å². The van der Waals surface area contributed by atoms with Crippen LogP contribution in [0.15, 0.2) is 53.4 Å². The predicted molar refractivity (Wildman–Crippen MR) is 99.7 cm³/mol. The van der Waals surface area contributed by atoms with Crippen molar-refractivity contribution in [1.29, 1.82) is 0 Å². The summed E-state index contributed by atoms with van der Waals surface area (Å²) in [4.78, 5) is 17.6. The molecule has 2 aromatic carbocycles. The highest BCUT2D eigenvalue weighted by Crippen LogP contribution is 2.28. The van der Waals surface area contributed by atoms with Crippen LogP contribution in [0.3, 0.4) is 0 Å². The Morgan fingerprint density at radius 2 is 2.04 bits per heavy atom. The van der Waals surface area contributed by atoms with Crippen LogP contribution in [0.25, 0.3) is 10.2 Å². The molecular formula is C17H15ClN2OS2. The number of thiazole rings is 1. The third-order valence-corrected chi connectivity index (χ3v) is 5.42. The second kappa shape index (κ2) is 7.81. The van der Waals surface area contributed by atoms with E-state index in [0.29, 0.717) is 16.6 Å². The molecule has 3 nitrogen and oxygen atoms in total. The summed E-state index contributed by atoms with van der Waals surface area (Å²) < 4.78 is 0.979. The molecule has 0 saturated carbocycles.